The number of aromatic amines is 1. The summed E-state index contributed by atoms with van der Waals surface area (Å²) in [7, 11) is 0. The summed E-state index contributed by atoms with van der Waals surface area (Å²) in [5.41, 5.74) is 2.75. The summed E-state index contributed by atoms with van der Waals surface area (Å²) in [5.74, 6) is -0.550. The number of hydrogen-bond donors (Lipinski definition) is 1. The molecule has 5 heteroatoms. The molecule has 0 amide bonds. The van der Waals surface area contributed by atoms with Crippen LogP contribution in [0.2, 0.25) is 0 Å². The van der Waals surface area contributed by atoms with Crippen LogP contribution in [-0.4, -0.2) is 21.5 Å². The van der Waals surface area contributed by atoms with E-state index in [0.29, 0.717) is 0 Å². The third kappa shape index (κ3) is 3.79. The Hall–Kier alpha value is -2.69. The zero-order chi connectivity index (χ0) is 17.3. The van der Waals surface area contributed by atoms with Gasteiger partial charge in [-0.25, -0.2) is 9.37 Å². The van der Waals surface area contributed by atoms with Crippen LogP contribution in [-0.2, 0) is 16.0 Å². The number of fused-ring (bicyclic) bond motifs is 1. The summed E-state index contributed by atoms with van der Waals surface area (Å²) in [5, 5.41) is 0.899. The van der Waals surface area contributed by atoms with Crippen LogP contribution in [0, 0.1) is 5.82 Å². The molecule has 0 fully saturated rings. The average molecular weight is 326 g/mol. The summed E-state index contributed by atoms with van der Waals surface area (Å²) in [6, 6.07) is 10.1. The van der Waals surface area contributed by atoms with Gasteiger partial charge in [-0.05, 0) is 68.3 Å². The van der Waals surface area contributed by atoms with Crippen molar-refractivity contribution in [1.29, 1.82) is 0 Å². The number of pyridine rings is 1. The topological polar surface area (TPSA) is 55.0 Å². The van der Waals surface area contributed by atoms with E-state index in [0.717, 1.165) is 27.9 Å². The van der Waals surface area contributed by atoms with E-state index in [9.17, 15) is 9.18 Å². The van der Waals surface area contributed by atoms with Crippen molar-refractivity contribution < 1.29 is 13.9 Å². The van der Waals surface area contributed by atoms with Crippen LogP contribution in [0.4, 0.5) is 4.39 Å². The van der Waals surface area contributed by atoms with Gasteiger partial charge in [-0.2, -0.15) is 0 Å². The SMILES string of the molecule is CC(C)(C)OC(=O)Cc1cnc2[nH]c(-c3ccc(F)cc3)cc2c1. The van der Waals surface area contributed by atoms with E-state index in [4.69, 9.17) is 4.74 Å². The van der Waals surface area contributed by atoms with Gasteiger partial charge in [0.15, 0.2) is 0 Å². The van der Waals surface area contributed by atoms with Crippen LogP contribution < -0.4 is 0 Å². The molecule has 0 aliphatic rings. The van der Waals surface area contributed by atoms with Gasteiger partial charge in [-0.3, -0.25) is 4.79 Å². The van der Waals surface area contributed by atoms with Gasteiger partial charge in [0.25, 0.3) is 0 Å². The average Bonchev–Trinajstić information content (AvgIpc) is 2.89. The fourth-order valence-corrected chi connectivity index (χ4v) is 2.49. The molecule has 3 rings (SSSR count). The molecule has 24 heavy (non-hydrogen) atoms. The Morgan fingerprint density at radius 3 is 2.58 bits per heavy atom. The van der Waals surface area contributed by atoms with Crippen molar-refractivity contribution in [2.75, 3.05) is 0 Å². The summed E-state index contributed by atoms with van der Waals surface area (Å²) in [4.78, 5) is 19.5. The van der Waals surface area contributed by atoms with Crippen LogP contribution >= 0.6 is 0 Å². The maximum Gasteiger partial charge on any atom is 0.310 e. The second kappa shape index (κ2) is 6.07. The monoisotopic (exact) mass is 326 g/mol. The van der Waals surface area contributed by atoms with E-state index in [2.05, 4.69) is 9.97 Å². The van der Waals surface area contributed by atoms with Crippen molar-refractivity contribution in [3.63, 3.8) is 0 Å². The van der Waals surface area contributed by atoms with E-state index in [-0.39, 0.29) is 18.2 Å². The molecule has 0 saturated carbocycles. The summed E-state index contributed by atoms with van der Waals surface area (Å²) in [6.45, 7) is 5.52. The van der Waals surface area contributed by atoms with E-state index in [1.807, 2.05) is 32.9 Å². The highest BCUT2D eigenvalue weighted by atomic mass is 19.1. The van der Waals surface area contributed by atoms with Gasteiger partial charge in [0.05, 0.1) is 6.42 Å². The van der Waals surface area contributed by atoms with Crippen molar-refractivity contribution in [3.8, 4) is 11.3 Å². The number of esters is 1. The number of carbonyl (C=O) groups excluding carboxylic acids is 1. The number of benzene rings is 1. The second-order valence-corrected chi connectivity index (χ2v) is 6.73. The Labute approximate surface area is 139 Å². The molecule has 0 saturated heterocycles. The Balaban J connectivity index is 1.84. The maximum atomic E-state index is 13.0. The highest BCUT2D eigenvalue weighted by molar-refractivity contribution is 5.84. The molecule has 2 aromatic heterocycles. The number of rotatable bonds is 3. The highest BCUT2D eigenvalue weighted by Crippen LogP contribution is 2.24. The molecule has 0 unspecified atom stereocenters. The van der Waals surface area contributed by atoms with Crippen molar-refractivity contribution in [1.82, 2.24) is 9.97 Å². The Morgan fingerprint density at radius 1 is 1.21 bits per heavy atom. The second-order valence-electron chi connectivity index (χ2n) is 6.73. The Morgan fingerprint density at radius 2 is 1.92 bits per heavy atom. The number of H-pyrrole nitrogens is 1. The lowest BCUT2D eigenvalue weighted by molar-refractivity contribution is -0.153. The molecule has 4 nitrogen and oxygen atoms in total. The quantitative estimate of drug-likeness (QED) is 0.732. The molecule has 1 aromatic carbocycles. The zero-order valence-electron chi connectivity index (χ0n) is 13.9. The van der Waals surface area contributed by atoms with Crippen LogP contribution in [0.3, 0.4) is 0 Å². The molecule has 1 N–H and O–H groups in total. The normalized spacial score (nSPS) is 11.7. The van der Waals surface area contributed by atoms with E-state index in [1.165, 1.54) is 12.1 Å². The molecular formula is C19H19FN2O2. The third-order valence-electron chi connectivity index (χ3n) is 3.45. The first-order valence-corrected chi connectivity index (χ1v) is 7.76. The Bertz CT molecular complexity index is 877. The molecule has 0 aliphatic carbocycles. The lowest BCUT2D eigenvalue weighted by Gasteiger charge is -2.19. The van der Waals surface area contributed by atoms with Crippen LogP contribution in [0.15, 0.2) is 42.6 Å². The van der Waals surface area contributed by atoms with Crippen molar-refractivity contribution in [2.45, 2.75) is 32.8 Å². The minimum Gasteiger partial charge on any atom is -0.460 e. The predicted octanol–water partition coefficient (Wildman–Crippen LogP) is 4.25. The van der Waals surface area contributed by atoms with Gasteiger partial charge < -0.3 is 9.72 Å². The Kier molecular flexibility index (Phi) is 4.09. The fraction of sp³-hybridized carbons (Fsp3) is 0.263. The predicted molar refractivity (Wildman–Crippen MR) is 91.0 cm³/mol. The fourth-order valence-electron chi connectivity index (χ4n) is 2.49. The van der Waals surface area contributed by atoms with Gasteiger partial charge in [0.2, 0.25) is 0 Å². The lowest BCUT2D eigenvalue weighted by atomic mass is 10.1. The number of halogens is 1. The first-order chi connectivity index (χ1) is 11.3. The first-order valence-electron chi connectivity index (χ1n) is 7.76. The van der Waals surface area contributed by atoms with Crippen LogP contribution in [0.5, 0.6) is 0 Å². The number of carbonyl (C=O) groups is 1. The molecule has 0 spiro atoms. The number of nitrogens with zero attached hydrogens (tertiary/aromatic N) is 1. The van der Waals surface area contributed by atoms with E-state index in [1.54, 1.807) is 18.3 Å². The minimum atomic E-state index is -0.502. The van der Waals surface area contributed by atoms with Crippen molar-refractivity contribution in [2.24, 2.45) is 0 Å². The highest BCUT2D eigenvalue weighted by Gasteiger charge is 2.17. The molecule has 124 valence electrons. The number of aromatic nitrogens is 2. The molecule has 3 aromatic rings. The molecule has 0 atom stereocenters. The third-order valence-corrected chi connectivity index (χ3v) is 3.45. The zero-order valence-corrected chi connectivity index (χ0v) is 13.9. The van der Waals surface area contributed by atoms with E-state index >= 15 is 0 Å². The molecular weight excluding hydrogens is 307 g/mol. The van der Waals surface area contributed by atoms with Gasteiger partial charge in [-0.1, -0.05) is 0 Å². The molecule has 0 bridgehead atoms. The van der Waals surface area contributed by atoms with Gasteiger partial charge in [0, 0.05) is 17.3 Å². The molecule has 0 aliphatic heterocycles. The maximum absolute atomic E-state index is 13.0. The number of nitrogens with one attached hydrogen (secondary N) is 1. The standard InChI is InChI=1S/C19H19FN2O2/c1-19(2,3)24-17(23)9-12-8-14-10-16(22-18(14)21-11-12)13-4-6-15(20)7-5-13/h4-8,10-11H,9H2,1-3H3,(H,21,22). The summed E-state index contributed by atoms with van der Waals surface area (Å²) in [6.07, 6.45) is 1.84. The molecule has 0 radical (unpaired) electrons. The van der Waals surface area contributed by atoms with Crippen molar-refractivity contribution >= 4 is 17.0 Å². The lowest BCUT2D eigenvalue weighted by Crippen LogP contribution is -2.24. The van der Waals surface area contributed by atoms with Crippen LogP contribution in [0.1, 0.15) is 26.3 Å². The minimum absolute atomic E-state index is 0.178. The molecule has 2 heterocycles. The van der Waals surface area contributed by atoms with Gasteiger partial charge >= 0.3 is 5.97 Å². The summed E-state index contributed by atoms with van der Waals surface area (Å²) >= 11 is 0. The van der Waals surface area contributed by atoms with Crippen molar-refractivity contribution in [3.05, 3.63) is 54.0 Å². The summed E-state index contributed by atoms with van der Waals surface area (Å²) < 4.78 is 18.4. The number of hydrogen-bond acceptors (Lipinski definition) is 3. The number of ether oxygens (including phenoxy) is 1. The van der Waals surface area contributed by atoms with Gasteiger partial charge in [0.1, 0.15) is 17.1 Å². The first kappa shape index (κ1) is 16.2. The van der Waals surface area contributed by atoms with Gasteiger partial charge in [-0.15, -0.1) is 0 Å². The van der Waals surface area contributed by atoms with Crippen LogP contribution in [0.25, 0.3) is 22.3 Å². The largest absolute Gasteiger partial charge is 0.460 e. The van der Waals surface area contributed by atoms with E-state index < -0.39 is 5.60 Å². The smallest absolute Gasteiger partial charge is 0.310 e.